The maximum absolute atomic E-state index is 12.2. The molecule has 0 fully saturated rings. The predicted octanol–water partition coefficient (Wildman–Crippen LogP) is 3.12. The van der Waals surface area contributed by atoms with Gasteiger partial charge in [-0.25, -0.2) is 0 Å². The summed E-state index contributed by atoms with van der Waals surface area (Å²) in [5.74, 6) is 0.567. The molecule has 116 valence electrons. The molecule has 0 aliphatic rings. The molecule has 0 spiro atoms. The molecule has 2 aromatic rings. The van der Waals surface area contributed by atoms with Crippen molar-refractivity contribution < 1.29 is 4.74 Å². The quantitative estimate of drug-likeness (QED) is 0.828. The van der Waals surface area contributed by atoms with Gasteiger partial charge < -0.3 is 10.5 Å². The molecule has 6 heteroatoms. The summed E-state index contributed by atoms with van der Waals surface area (Å²) in [6, 6.07) is 7.09. The fourth-order valence-corrected chi connectivity index (χ4v) is 2.28. The van der Waals surface area contributed by atoms with Gasteiger partial charge >= 0.3 is 0 Å². The number of halogens is 2. The van der Waals surface area contributed by atoms with Crippen LogP contribution in [0.5, 0.6) is 5.88 Å². The van der Waals surface area contributed by atoms with Crippen LogP contribution in [-0.4, -0.2) is 17.7 Å². The SMILES string of the molecule is Cl.Cn1c(OCCCCCN)cc2cc(Cl)ccc2c1=O. The molecule has 2 rings (SSSR count). The van der Waals surface area contributed by atoms with Crippen LogP contribution < -0.4 is 16.0 Å². The zero-order valence-corrected chi connectivity index (χ0v) is 13.5. The predicted molar refractivity (Wildman–Crippen MR) is 89.8 cm³/mol. The summed E-state index contributed by atoms with van der Waals surface area (Å²) in [7, 11) is 1.71. The maximum atomic E-state index is 12.2. The molecule has 2 N–H and O–H groups in total. The molecule has 0 atom stereocenters. The van der Waals surface area contributed by atoms with Crippen molar-refractivity contribution >= 4 is 34.8 Å². The Hall–Kier alpha value is -1.23. The van der Waals surface area contributed by atoms with Crippen LogP contribution in [0.1, 0.15) is 19.3 Å². The molecule has 0 radical (unpaired) electrons. The summed E-state index contributed by atoms with van der Waals surface area (Å²) in [5, 5.41) is 2.06. The first kappa shape index (κ1) is 17.8. The highest BCUT2D eigenvalue weighted by Gasteiger charge is 2.07. The van der Waals surface area contributed by atoms with Gasteiger partial charge in [-0.2, -0.15) is 0 Å². The summed E-state index contributed by atoms with van der Waals surface area (Å²) in [4.78, 5) is 12.2. The van der Waals surface area contributed by atoms with E-state index in [9.17, 15) is 4.79 Å². The lowest BCUT2D eigenvalue weighted by Gasteiger charge is -2.11. The van der Waals surface area contributed by atoms with E-state index in [1.165, 1.54) is 4.57 Å². The lowest BCUT2D eigenvalue weighted by Crippen LogP contribution is -2.19. The van der Waals surface area contributed by atoms with E-state index in [0.29, 0.717) is 29.4 Å². The van der Waals surface area contributed by atoms with Crippen molar-refractivity contribution in [1.29, 1.82) is 0 Å². The average Bonchev–Trinajstić information content (AvgIpc) is 2.43. The summed E-state index contributed by atoms with van der Waals surface area (Å²) in [6.07, 6.45) is 2.96. The highest BCUT2D eigenvalue weighted by Crippen LogP contribution is 2.21. The maximum Gasteiger partial charge on any atom is 0.260 e. The van der Waals surface area contributed by atoms with Crippen LogP contribution in [0.2, 0.25) is 5.02 Å². The Kier molecular flexibility index (Phi) is 7.02. The van der Waals surface area contributed by atoms with Crippen LogP contribution in [0.3, 0.4) is 0 Å². The molecule has 0 saturated carbocycles. The Morgan fingerprint density at radius 1 is 1.24 bits per heavy atom. The Morgan fingerprint density at radius 2 is 2.00 bits per heavy atom. The average molecular weight is 331 g/mol. The van der Waals surface area contributed by atoms with Crippen LogP contribution in [-0.2, 0) is 7.05 Å². The second-order valence-electron chi connectivity index (χ2n) is 4.78. The van der Waals surface area contributed by atoms with Crippen molar-refractivity contribution in [3.8, 4) is 5.88 Å². The largest absolute Gasteiger partial charge is 0.479 e. The molecule has 4 nitrogen and oxygen atoms in total. The van der Waals surface area contributed by atoms with Gasteiger partial charge in [0, 0.05) is 23.5 Å². The summed E-state index contributed by atoms with van der Waals surface area (Å²) in [6.45, 7) is 1.28. The van der Waals surface area contributed by atoms with Gasteiger partial charge in [0.1, 0.15) is 0 Å². The van der Waals surface area contributed by atoms with Crippen LogP contribution in [0, 0.1) is 0 Å². The van der Waals surface area contributed by atoms with Gasteiger partial charge in [-0.05, 0) is 49.4 Å². The normalized spacial score (nSPS) is 10.4. The third kappa shape index (κ3) is 4.37. The Morgan fingerprint density at radius 3 is 2.71 bits per heavy atom. The fraction of sp³-hybridized carbons (Fsp3) is 0.400. The minimum absolute atomic E-state index is 0. The fourth-order valence-electron chi connectivity index (χ4n) is 2.10. The van der Waals surface area contributed by atoms with Gasteiger partial charge in [-0.1, -0.05) is 11.6 Å². The number of nitrogens with two attached hydrogens (primary N) is 1. The van der Waals surface area contributed by atoms with Crippen molar-refractivity contribution in [3.63, 3.8) is 0 Å². The van der Waals surface area contributed by atoms with Gasteiger partial charge in [0.15, 0.2) is 5.88 Å². The molecule has 0 amide bonds. The lowest BCUT2D eigenvalue weighted by molar-refractivity contribution is 0.282. The van der Waals surface area contributed by atoms with Crippen molar-refractivity contribution in [3.05, 3.63) is 39.6 Å². The summed E-state index contributed by atoms with van der Waals surface area (Å²) >= 11 is 5.96. The topological polar surface area (TPSA) is 57.2 Å². The molecular weight excluding hydrogens is 311 g/mol. The molecule has 1 aromatic carbocycles. The van der Waals surface area contributed by atoms with E-state index < -0.39 is 0 Å². The number of unbranched alkanes of at least 4 members (excludes halogenated alkanes) is 2. The van der Waals surface area contributed by atoms with E-state index in [1.54, 1.807) is 25.2 Å². The van der Waals surface area contributed by atoms with Gasteiger partial charge in [0.2, 0.25) is 0 Å². The summed E-state index contributed by atoms with van der Waals surface area (Å²) in [5.41, 5.74) is 5.37. The van der Waals surface area contributed by atoms with E-state index in [-0.39, 0.29) is 18.0 Å². The van der Waals surface area contributed by atoms with Crippen LogP contribution in [0.15, 0.2) is 29.1 Å². The zero-order chi connectivity index (χ0) is 14.5. The van der Waals surface area contributed by atoms with Crippen molar-refractivity contribution in [2.45, 2.75) is 19.3 Å². The third-order valence-electron chi connectivity index (χ3n) is 3.26. The second-order valence-corrected chi connectivity index (χ2v) is 5.21. The monoisotopic (exact) mass is 330 g/mol. The molecule has 0 saturated heterocycles. The number of ether oxygens (including phenoxy) is 1. The Bertz CT molecular complexity index is 656. The minimum Gasteiger partial charge on any atom is -0.479 e. The van der Waals surface area contributed by atoms with Gasteiger partial charge in [0.05, 0.1) is 6.61 Å². The number of rotatable bonds is 6. The Balaban J connectivity index is 0.00000220. The van der Waals surface area contributed by atoms with E-state index >= 15 is 0 Å². The molecule has 0 aliphatic carbocycles. The number of pyridine rings is 1. The first-order valence-electron chi connectivity index (χ1n) is 6.75. The van der Waals surface area contributed by atoms with Gasteiger partial charge in [-0.15, -0.1) is 12.4 Å². The van der Waals surface area contributed by atoms with Crippen LogP contribution in [0.25, 0.3) is 10.8 Å². The third-order valence-corrected chi connectivity index (χ3v) is 3.49. The van der Waals surface area contributed by atoms with E-state index in [2.05, 4.69) is 0 Å². The molecule has 1 heterocycles. The standard InChI is InChI=1S/C15H19ClN2O2.ClH/c1-18-14(20-8-4-2-3-7-17)10-11-9-12(16)5-6-13(11)15(18)19;/h5-6,9-10H,2-4,7-8,17H2,1H3;1H. The lowest BCUT2D eigenvalue weighted by atomic mass is 10.2. The number of hydrogen-bond donors (Lipinski definition) is 1. The number of hydrogen-bond acceptors (Lipinski definition) is 3. The molecule has 0 bridgehead atoms. The smallest absolute Gasteiger partial charge is 0.260 e. The van der Waals surface area contributed by atoms with Gasteiger partial charge in [0.25, 0.3) is 5.56 Å². The number of benzene rings is 1. The highest BCUT2D eigenvalue weighted by atomic mass is 35.5. The van der Waals surface area contributed by atoms with Crippen molar-refractivity contribution in [2.24, 2.45) is 12.8 Å². The van der Waals surface area contributed by atoms with E-state index in [1.807, 2.05) is 6.07 Å². The highest BCUT2D eigenvalue weighted by molar-refractivity contribution is 6.31. The van der Waals surface area contributed by atoms with Crippen molar-refractivity contribution in [1.82, 2.24) is 4.57 Å². The minimum atomic E-state index is -0.0730. The molecule has 21 heavy (non-hydrogen) atoms. The first-order chi connectivity index (χ1) is 9.63. The zero-order valence-electron chi connectivity index (χ0n) is 12.0. The summed E-state index contributed by atoms with van der Waals surface area (Å²) < 4.78 is 7.22. The molecule has 1 aromatic heterocycles. The number of fused-ring (bicyclic) bond motifs is 1. The van der Waals surface area contributed by atoms with Crippen LogP contribution in [0.4, 0.5) is 0 Å². The molecule has 0 aliphatic heterocycles. The van der Waals surface area contributed by atoms with Crippen molar-refractivity contribution in [2.75, 3.05) is 13.2 Å². The number of nitrogens with zero attached hydrogens (tertiary/aromatic N) is 1. The van der Waals surface area contributed by atoms with Gasteiger partial charge in [-0.3, -0.25) is 9.36 Å². The molecular formula is C15H20Cl2N2O2. The Labute approximate surface area is 135 Å². The number of aromatic nitrogens is 1. The second kappa shape index (κ2) is 8.27. The van der Waals surface area contributed by atoms with E-state index in [0.717, 1.165) is 24.6 Å². The molecule has 0 unspecified atom stereocenters. The van der Waals surface area contributed by atoms with Crippen LogP contribution >= 0.6 is 24.0 Å². The van der Waals surface area contributed by atoms with E-state index in [4.69, 9.17) is 22.1 Å². The first-order valence-corrected chi connectivity index (χ1v) is 7.13.